The molecule has 4 aromatic rings. The van der Waals surface area contributed by atoms with Gasteiger partial charge in [0.05, 0.1) is 5.69 Å². The summed E-state index contributed by atoms with van der Waals surface area (Å²) in [5, 5.41) is 0. The van der Waals surface area contributed by atoms with E-state index < -0.39 is 0 Å². The van der Waals surface area contributed by atoms with Crippen molar-refractivity contribution in [2.75, 3.05) is 0 Å². The molecule has 1 aliphatic rings. The molecule has 0 saturated carbocycles. The first kappa shape index (κ1) is 35.8. The summed E-state index contributed by atoms with van der Waals surface area (Å²) in [6.07, 6.45) is 3.53. The van der Waals surface area contributed by atoms with E-state index in [0.29, 0.717) is 11.8 Å². The molecule has 0 spiro atoms. The molecular formula is C44H59NS2. The fraction of sp³-hybridized carbons (Fsp3) is 0.523. The van der Waals surface area contributed by atoms with E-state index in [9.17, 15) is 0 Å². The predicted molar refractivity (Wildman–Crippen MR) is 211 cm³/mol. The average molecular weight is 666 g/mol. The molecular weight excluding hydrogens is 607 g/mol. The molecule has 1 aliphatic carbocycles. The van der Waals surface area contributed by atoms with Crippen LogP contribution in [0.25, 0.3) is 27.9 Å². The van der Waals surface area contributed by atoms with Crippen LogP contribution in [0.4, 0.5) is 0 Å². The molecule has 0 saturated heterocycles. The minimum atomic E-state index is 0.0266. The molecule has 1 unspecified atom stereocenters. The van der Waals surface area contributed by atoms with Crippen LogP contribution in [0.15, 0.2) is 54.6 Å². The van der Waals surface area contributed by atoms with Crippen LogP contribution in [-0.4, -0.2) is 4.57 Å². The molecule has 0 radical (unpaired) electrons. The van der Waals surface area contributed by atoms with Crippen molar-refractivity contribution < 1.29 is 0 Å². The third-order valence-electron chi connectivity index (χ3n) is 10.2. The highest BCUT2D eigenvalue weighted by atomic mass is 32.1. The largest absolute Gasteiger partial charge is 0.294 e. The number of nitrogens with zero attached hydrogens (tertiary/aromatic N) is 1. The van der Waals surface area contributed by atoms with Crippen LogP contribution in [0, 0.1) is 9.87 Å². The third kappa shape index (κ3) is 7.28. The lowest BCUT2D eigenvalue weighted by molar-refractivity contribution is 0.435. The summed E-state index contributed by atoms with van der Waals surface area (Å²) in [6, 6.07) is 21.6. The van der Waals surface area contributed by atoms with Crippen LogP contribution in [0.3, 0.4) is 0 Å². The standard InChI is InChI=1S/C44H59NS2/c1-27(2)34-17-16-20-37-39(34)47-40(46)45(37)38-35(28-21-30(41(3,4)5)25-31(22-28)42(6,7)8)18-15-19-36(38)29-23-32(43(9,10)11)26-33(24-29)44(12,13)14/h15,18-19,21-27,34H,16-17,20H2,1-14H3. The van der Waals surface area contributed by atoms with Gasteiger partial charge >= 0.3 is 0 Å². The fourth-order valence-corrected chi connectivity index (χ4v) is 8.78. The molecule has 0 bridgehead atoms. The summed E-state index contributed by atoms with van der Waals surface area (Å²) in [4.78, 5) is 1.51. The Bertz CT molecular complexity index is 1680. The highest BCUT2D eigenvalue weighted by Crippen LogP contribution is 2.46. The van der Waals surface area contributed by atoms with Gasteiger partial charge < -0.3 is 0 Å². The quantitative estimate of drug-likeness (QED) is 0.196. The lowest BCUT2D eigenvalue weighted by Crippen LogP contribution is -2.18. The van der Waals surface area contributed by atoms with Gasteiger partial charge in [-0.05, 0) is 98.4 Å². The van der Waals surface area contributed by atoms with E-state index in [1.165, 1.54) is 73.6 Å². The third-order valence-corrected chi connectivity index (χ3v) is 11.8. The number of hydrogen-bond acceptors (Lipinski definition) is 2. The second-order valence-electron chi connectivity index (χ2n) is 18.6. The summed E-state index contributed by atoms with van der Waals surface area (Å²) in [5.41, 5.74) is 13.4. The van der Waals surface area contributed by atoms with Crippen molar-refractivity contribution in [3.05, 3.63) is 91.4 Å². The van der Waals surface area contributed by atoms with E-state index in [2.05, 4.69) is 156 Å². The Balaban J connectivity index is 1.94. The lowest BCUT2D eigenvalue weighted by Gasteiger charge is -2.29. The molecule has 1 nitrogen and oxygen atoms in total. The minimum Gasteiger partial charge on any atom is -0.294 e. The highest BCUT2D eigenvalue weighted by molar-refractivity contribution is 7.73. The zero-order valence-corrected chi connectivity index (χ0v) is 33.4. The van der Waals surface area contributed by atoms with Gasteiger partial charge in [-0.2, -0.15) is 0 Å². The van der Waals surface area contributed by atoms with Gasteiger partial charge in [0, 0.05) is 21.7 Å². The molecule has 3 aromatic carbocycles. The first-order valence-electron chi connectivity index (χ1n) is 17.8. The Morgan fingerprint density at radius 2 is 1.06 bits per heavy atom. The number of para-hydroxylation sites is 1. The molecule has 0 N–H and O–H groups in total. The topological polar surface area (TPSA) is 4.93 Å². The number of thiazole rings is 1. The van der Waals surface area contributed by atoms with Crippen LogP contribution in [0.1, 0.15) is 149 Å². The van der Waals surface area contributed by atoms with Gasteiger partial charge in [0.1, 0.15) is 0 Å². The summed E-state index contributed by atoms with van der Waals surface area (Å²) >= 11 is 8.25. The SMILES string of the molecule is CC(C)C1CCCc2c1sc(=S)n2-c1c(-c2cc(C(C)(C)C)cc(C(C)(C)C)c2)cccc1-c1cc(C(C)(C)C)cc(C(C)(C)C)c1. The molecule has 0 fully saturated rings. The number of aromatic nitrogens is 1. The second kappa shape index (κ2) is 12.4. The van der Waals surface area contributed by atoms with E-state index in [0.717, 1.165) is 10.4 Å². The summed E-state index contributed by atoms with van der Waals surface area (Å²) < 4.78 is 3.48. The van der Waals surface area contributed by atoms with Crippen molar-refractivity contribution in [2.45, 2.75) is 144 Å². The maximum atomic E-state index is 6.38. The van der Waals surface area contributed by atoms with Crippen molar-refractivity contribution in [1.82, 2.24) is 4.57 Å². The minimum absolute atomic E-state index is 0.0266. The predicted octanol–water partition coefficient (Wildman–Crippen LogP) is 13.9. The lowest BCUT2D eigenvalue weighted by atomic mass is 9.77. The van der Waals surface area contributed by atoms with E-state index in [1.54, 1.807) is 0 Å². The number of hydrogen-bond donors (Lipinski definition) is 0. The molecule has 1 heterocycles. The molecule has 252 valence electrons. The maximum Gasteiger partial charge on any atom is 0.166 e. The first-order chi connectivity index (χ1) is 21.6. The zero-order chi connectivity index (χ0) is 34.9. The molecule has 47 heavy (non-hydrogen) atoms. The monoisotopic (exact) mass is 665 g/mol. The summed E-state index contributed by atoms with van der Waals surface area (Å²) in [5.74, 6) is 1.16. The van der Waals surface area contributed by atoms with E-state index in [4.69, 9.17) is 12.2 Å². The Hall–Kier alpha value is -2.49. The van der Waals surface area contributed by atoms with Crippen LogP contribution < -0.4 is 0 Å². The molecule has 1 atom stereocenters. The van der Waals surface area contributed by atoms with E-state index >= 15 is 0 Å². The smallest absolute Gasteiger partial charge is 0.166 e. The van der Waals surface area contributed by atoms with Crippen molar-refractivity contribution in [1.29, 1.82) is 0 Å². The zero-order valence-electron chi connectivity index (χ0n) is 31.7. The van der Waals surface area contributed by atoms with Gasteiger partial charge in [0.25, 0.3) is 0 Å². The highest BCUT2D eigenvalue weighted by Gasteiger charge is 2.31. The van der Waals surface area contributed by atoms with Crippen molar-refractivity contribution >= 4 is 23.6 Å². The number of rotatable bonds is 4. The van der Waals surface area contributed by atoms with Crippen molar-refractivity contribution in [3.63, 3.8) is 0 Å². The van der Waals surface area contributed by atoms with Gasteiger partial charge in [-0.3, -0.25) is 4.57 Å². The van der Waals surface area contributed by atoms with E-state index in [-0.39, 0.29) is 21.7 Å². The summed E-state index contributed by atoms with van der Waals surface area (Å²) in [6.45, 7) is 32.8. The molecule has 3 heteroatoms. The molecule has 5 rings (SSSR count). The van der Waals surface area contributed by atoms with Gasteiger partial charge in [0.2, 0.25) is 0 Å². The molecule has 0 amide bonds. The van der Waals surface area contributed by atoms with Crippen LogP contribution in [-0.2, 0) is 28.1 Å². The van der Waals surface area contributed by atoms with Crippen LogP contribution >= 0.6 is 23.6 Å². The Morgan fingerprint density at radius 3 is 1.43 bits per heavy atom. The Kier molecular flexibility index (Phi) is 9.48. The number of benzene rings is 3. The fourth-order valence-electron chi connectivity index (χ4n) is 6.98. The normalized spacial score (nSPS) is 16.1. The van der Waals surface area contributed by atoms with Gasteiger partial charge in [-0.15, -0.1) is 11.3 Å². The van der Waals surface area contributed by atoms with Crippen molar-refractivity contribution in [2.24, 2.45) is 5.92 Å². The van der Waals surface area contributed by atoms with Crippen LogP contribution in [0.2, 0.25) is 0 Å². The van der Waals surface area contributed by atoms with Crippen molar-refractivity contribution in [3.8, 4) is 27.9 Å². The van der Waals surface area contributed by atoms with E-state index in [1.807, 2.05) is 11.3 Å². The Morgan fingerprint density at radius 1 is 0.660 bits per heavy atom. The summed E-state index contributed by atoms with van der Waals surface area (Å²) in [7, 11) is 0. The first-order valence-corrected chi connectivity index (χ1v) is 19.0. The van der Waals surface area contributed by atoms with Crippen LogP contribution in [0.5, 0.6) is 0 Å². The average Bonchev–Trinajstić information content (AvgIpc) is 3.29. The van der Waals surface area contributed by atoms with Gasteiger partial charge in [-0.25, -0.2) is 0 Å². The van der Waals surface area contributed by atoms with Gasteiger partial charge in [0.15, 0.2) is 3.95 Å². The molecule has 1 aromatic heterocycles. The number of fused-ring (bicyclic) bond motifs is 1. The molecule has 0 aliphatic heterocycles. The Labute approximate surface area is 295 Å². The maximum absolute atomic E-state index is 6.38. The van der Waals surface area contributed by atoms with Gasteiger partial charge in [-0.1, -0.05) is 152 Å². The second-order valence-corrected chi connectivity index (χ2v) is 20.2.